The van der Waals surface area contributed by atoms with Crippen molar-refractivity contribution in [2.45, 2.75) is 454 Å². The highest BCUT2D eigenvalue weighted by Gasteiger charge is 2.44. The number of nitrogens with one attached hydrogen (secondary N) is 1. The van der Waals surface area contributed by atoms with Gasteiger partial charge in [0.1, 0.15) is 36.6 Å². The highest BCUT2D eigenvalue weighted by atomic mass is 16.7. The molecule has 0 spiro atoms. The van der Waals surface area contributed by atoms with Crippen LogP contribution >= 0.6 is 0 Å². The summed E-state index contributed by atoms with van der Waals surface area (Å²) in [4.78, 5) is 13.3. The molecule has 9 unspecified atom stereocenters. The van der Waals surface area contributed by atoms with E-state index in [0.29, 0.717) is 19.3 Å². The van der Waals surface area contributed by atoms with Crippen molar-refractivity contribution in [2.75, 3.05) is 13.2 Å². The molecule has 0 bridgehead atoms. The van der Waals surface area contributed by atoms with E-state index in [1.165, 1.54) is 321 Å². The second-order valence-electron chi connectivity index (χ2n) is 27.1. The van der Waals surface area contributed by atoms with Crippen LogP contribution in [-0.2, 0) is 14.3 Å². The van der Waals surface area contributed by atoms with Crippen molar-refractivity contribution in [2.24, 2.45) is 0 Å². The smallest absolute Gasteiger partial charge is 0.249 e. The molecular weight excluding hydrogens is 1060 g/mol. The molecule has 11 heteroatoms. The van der Waals surface area contributed by atoms with Gasteiger partial charge in [-0.25, -0.2) is 0 Å². The van der Waals surface area contributed by atoms with E-state index in [0.717, 1.165) is 38.5 Å². The minimum absolute atomic E-state index is 0.268. The zero-order valence-electron chi connectivity index (χ0n) is 56.4. The van der Waals surface area contributed by atoms with Gasteiger partial charge in [0.15, 0.2) is 6.29 Å². The zero-order valence-corrected chi connectivity index (χ0v) is 56.4. The van der Waals surface area contributed by atoms with E-state index >= 15 is 0 Å². The van der Waals surface area contributed by atoms with Crippen LogP contribution in [-0.4, -0.2) is 110 Å². The first-order chi connectivity index (χ1) is 41.7. The van der Waals surface area contributed by atoms with Crippen molar-refractivity contribution in [1.29, 1.82) is 0 Å². The largest absolute Gasteiger partial charge is 0.394 e. The lowest BCUT2D eigenvalue weighted by Crippen LogP contribution is -2.60. The van der Waals surface area contributed by atoms with Crippen LogP contribution in [0.4, 0.5) is 0 Å². The van der Waals surface area contributed by atoms with E-state index in [1.54, 1.807) is 0 Å². The molecule has 1 saturated heterocycles. The summed E-state index contributed by atoms with van der Waals surface area (Å²) in [7, 11) is 0. The molecule has 0 saturated carbocycles. The summed E-state index contributed by atoms with van der Waals surface area (Å²) in [5.41, 5.74) is 0. The Morgan fingerprint density at radius 1 is 0.365 bits per heavy atom. The van der Waals surface area contributed by atoms with Gasteiger partial charge in [0.2, 0.25) is 5.91 Å². The predicted octanol–water partition coefficient (Wildman–Crippen LogP) is 18.8. The molecular formula is C74H147NO10. The van der Waals surface area contributed by atoms with Crippen LogP contribution in [0, 0.1) is 0 Å². The lowest BCUT2D eigenvalue weighted by Gasteiger charge is -2.40. The topological polar surface area (TPSA) is 189 Å². The quantitative estimate of drug-likeness (QED) is 0.0272. The van der Waals surface area contributed by atoms with Crippen LogP contribution < -0.4 is 5.32 Å². The van der Waals surface area contributed by atoms with Gasteiger partial charge in [0.25, 0.3) is 0 Å². The maximum atomic E-state index is 13.3. The molecule has 9 atom stereocenters. The normalized spacial score (nSPS) is 18.7. The lowest BCUT2D eigenvalue weighted by atomic mass is 9.98. The first kappa shape index (κ1) is 82.1. The third kappa shape index (κ3) is 50.4. The van der Waals surface area contributed by atoms with E-state index in [2.05, 4.69) is 19.2 Å². The zero-order chi connectivity index (χ0) is 61.7. The van der Waals surface area contributed by atoms with Gasteiger partial charge < -0.3 is 50.5 Å². The fraction of sp³-hybridized carbons (Fsp3) is 0.986. The number of hydrogen-bond donors (Lipinski definition) is 8. The molecule has 0 aromatic carbocycles. The Labute approximate surface area is 526 Å². The molecule has 1 rings (SSSR count). The third-order valence-electron chi connectivity index (χ3n) is 18.9. The molecule has 1 fully saturated rings. The first-order valence-corrected chi connectivity index (χ1v) is 37.9. The minimum Gasteiger partial charge on any atom is -0.394 e. The Bertz CT molecular complexity index is 1340. The van der Waals surface area contributed by atoms with E-state index in [-0.39, 0.29) is 6.42 Å². The summed E-state index contributed by atoms with van der Waals surface area (Å²) in [6.07, 6.45) is 66.3. The summed E-state index contributed by atoms with van der Waals surface area (Å²) in [6, 6.07) is -1.17. The maximum Gasteiger partial charge on any atom is 0.249 e. The van der Waals surface area contributed by atoms with Crippen molar-refractivity contribution in [3.05, 3.63) is 0 Å². The molecule has 1 amide bonds. The van der Waals surface area contributed by atoms with Crippen molar-refractivity contribution < 1.29 is 50.0 Å². The molecule has 1 aliphatic heterocycles. The van der Waals surface area contributed by atoms with Gasteiger partial charge >= 0.3 is 0 Å². The predicted molar refractivity (Wildman–Crippen MR) is 358 cm³/mol. The monoisotopic (exact) mass is 1210 g/mol. The summed E-state index contributed by atoms with van der Waals surface area (Å²) in [5.74, 6) is -0.686. The molecule has 0 aliphatic carbocycles. The van der Waals surface area contributed by atoms with E-state index in [1.807, 2.05) is 0 Å². The van der Waals surface area contributed by atoms with E-state index < -0.39 is 74.2 Å². The van der Waals surface area contributed by atoms with Gasteiger partial charge in [0, 0.05) is 0 Å². The number of aliphatic hydroxyl groups excluding tert-OH is 7. The van der Waals surface area contributed by atoms with Gasteiger partial charge in [-0.3, -0.25) is 4.79 Å². The van der Waals surface area contributed by atoms with Gasteiger partial charge in [-0.1, -0.05) is 386 Å². The van der Waals surface area contributed by atoms with E-state index in [4.69, 9.17) is 9.47 Å². The van der Waals surface area contributed by atoms with Crippen LogP contribution in [0.25, 0.3) is 0 Å². The van der Waals surface area contributed by atoms with Crippen LogP contribution in [0.3, 0.4) is 0 Å². The second-order valence-corrected chi connectivity index (χ2v) is 27.1. The average Bonchev–Trinajstić information content (AvgIpc) is 3.51. The standard InChI is InChI=1S/C74H147NO10/c1-3-5-7-9-11-13-15-17-19-21-23-25-27-29-31-32-33-34-35-36-38-39-41-43-45-47-49-51-53-55-57-59-61-66(77)69(79)65(64-84-74-72(82)71(81)70(80)68(63-76)85-74)75-73(83)67(78)62-60-58-56-54-52-50-48-46-44-42-40-37-30-28-26-24-22-20-18-16-14-12-10-8-6-4-2/h65-72,74,76-82H,3-64H2,1-2H3,(H,75,83). The van der Waals surface area contributed by atoms with Crippen molar-refractivity contribution >= 4 is 5.91 Å². The minimum atomic E-state index is -1.66. The summed E-state index contributed by atoms with van der Waals surface area (Å²) in [5, 5.41) is 76.7. The molecule has 11 nitrogen and oxygen atoms in total. The Morgan fingerprint density at radius 2 is 0.612 bits per heavy atom. The fourth-order valence-corrected chi connectivity index (χ4v) is 12.9. The average molecular weight is 1210 g/mol. The van der Waals surface area contributed by atoms with Crippen molar-refractivity contribution in [3.8, 4) is 0 Å². The molecule has 8 N–H and O–H groups in total. The van der Waals surface area contributed by atoms with Crippen LogP contribution in [0.15, 0.2) is 0 Å². The van der Waals surface area contributed by atoms with Gasteiger partial charge in [-0.15, -0.1) is 0 Å². The van der Waals surface area contributed by atoms with E-state index in [9.17, 15) is 40.5 Å². The fourth-order valence-electron chi connectivity index (χ4n) is 12.9. The Morgan fingerprint density at radius 3 is 0.871 bits per heavy atom. The highest BCUT2D eigenvalue weighted by molar-refractivity contribution is 5.80. The number of hydrogen-bond acceptors (Lipinski definition) is 10. The van der Waals surface area contributed by atoms with Crippen molar-refractivity contribution in [3.63, 3.8) is 0 Å². The third-order valence-corrected chi connectivity index (χ3v) is 18.9. The molecule has 508 valence electrons. The molecule has 0 aromatic rings. The number of carbonyl (C=O) groups excluding carboxylic acids is 1. The highest BCUT2D eigenvalue weighted by Crippen LogP contribution is 2.24. The molecule has 1 aliphatic rings. The molecule has 0 radical (unpaired) electrons. The summed E-state index contributed by atoms with van der Waals surface area (Å²) >= 11 is 0. The van der Waals surface area contributed by atoms with Gasteiger partial charge in [-0.05, 0) is 12.8 Å². The Kier molecular flexibility index (Phi) is 61.1. The lowest BCUT2D eigenvalue weighted by molar-refractivity contribution is -0.303. The summed E-state index contributed by atoms with van der Waals surface area (Å²) in [6.45, 7) is 3.54. The van der Waals surface area contributed by atoms with Gasteiger partial charge in [-0.2, -0.15) is 0 Å². The SMILES string of the molecule is CCCCCCCCCCCCCCCCCCCCCCCCCCCCCCCCCCC(O)C(O)C(COC1OC(CO)C(O)C(O)C1O)NC(=O)C(O)CCCCCCCCCCCCCCCCCCCCCCCCCCCC. The Hall–Kier alpha value is -0.890. The van der Waals surface area contributed by atoms with Crippen LogP contribution in [0.5, 0.6) is 0 Å². The number of carbonyl (C=O) groups is 1. The number of unbranched alkanes of at least 4 members (excludes halogenated alkanes) is 56. The molecule has 0 aromatic heterocycles. The molecule has 1 heterocycles. The first-order valence-electron chi connectivity index (χ1n) is 37.9. The van der Waals surface area contributed by atoms with Crippen molar-refractivity contribution in [1.82, 2.24) is 5.32 Å². The number of aliphatic hydroxyl groups is 7. The Balaban J connectivity index is 2.14. The number of ether oxygens (including phenoxy) is 2. The number of rotatable bonds is 68. The number of amides is 1. The molecule has 85 heavy (non-hydrogen) atoms. The van der Waals surface area contributed by atoms with Crippen LogP contribution in [0.2, 0.25) is 0 Å². The van der Waals surface area contributed by atoms with Gasteiger partial charge in [0.05, 0.1) is 25.4 Å². The maximum absolute atomic E-state index is 13.3. The summed E-state index contributed by atoms with van der Waals surface area (Å²) < 4.78 is 11.2. The second kappa shape index (κ2) is 63.3. The van der Waals surface area contributed by atoms with Crippen LogP contribution in [0.1, 0.15) is 399 Å².